The summed E-state index contributed by atoms with van der Waals surface area (Å²) < 4.78 is 5.35. The van der Waals surface area contributed by atoms with Crippen molar-refractivity contribution >= 4 is 16.8 Å². The van der Waals surface area contributed by atoms with Gasteiger partial charge < -0.3 is 15.1 Å². The van der Waals surface area contributed by atoms with Crippen LogP contribution in [0.5, 0.6) is 0 Å². The number of piperidine rings is 1. The maximum atomic E-state index is 5.35. The number of rotatable bonds is 2. The van der Waals surface area contributed by atoms with Crippen LogP contribution in [0.1, 0.15) is 12.8 Å². The molecule has 2 aromatic rings. The molecule has 0 spiro atoms. The van der Waals surface area contributed by atoms with E-state index in [-0.39, 0.29) is 0 Å². The number of hydrogen-bond acceptors (Lipinski definition) is 4. The van der Waals surface area contributed by atoms with Crippen molar-refractivity contribution in [2.75, 3.05) is 18.4 Å². The van der Waals surface area contributed by atoms with E-state index in [0.717, 1.165) is 29.9 Å². The summed E-state index contributed by atoms with van der Waals surface area (Å²) in [7, 11) is 0. The molecule has 1 unspecified atom stereocenters. The fraction of sp³-hybridized carbons (Fsp3) is 0.417. The summed E-state index contributed by atoms with van der Waals surface area (Å²) in [4.78, 5) is 4.37. The lowest BCUT2D eigenvalue weighted by atomic mass is 10.1. The van der Waals surface area contributed by atoms with Crippen LogP contribution in [0.4, 0.5) is 5.82 Å². The minimum absolute atomic E-state index is 0.474. The van der Waals surface area contributed by atoms with Crippen LogP contribution in [0.25, 0.3) is 11.0 Å². The maximum Gasteiger partial charge on any atom is 0.139 e. The normalized spacial score (nSPS) is 21.1. The van der Waals surface area contributed by atoms with Gasteiger partial charge in [0.15, 0.2) is 0 Å². The number of fused-ring (bicyclic) bond motifs is 1. The van der Waals surface area contributed by atoms with Crippen molar-refractivity contribution in [1.29, 1.82) is 0 Å². The van der Waals surface area contributed by atoms with Crippen molar-refractivity contribution in [2.45, 2.75) is 18.9 Å². The summed E-state index contributed by atoms with van der Waals surface area (Å²) in [6, 6.07) is 4.32. The van der Waals surface area contributed by atoms with Gasteiger partial charge in [-0.1, -0.05) is 0 Å². The van der Waals surface area contributed by atoms with Crippen LogP contribution in [0.3, 0.4) is 0 Å². The van der Waals surface area contributed by atoms with Crippen molar-refractivity contribution in [3.05, 3.63) is 24.6 Å². The van der Waals surface area contributed by atoms with Crippen molar-refractivity contribution in [3.8, 4) is 0 Å². The van der Waals surface area contributed by atoms with Crippen LogP contribution < -0.4 is 10.6 Å². The highest BCUT2D eigenvalue weighted by Gasteiger charge is 2.14. The monoisotopic (exact) mass is 217 g/mol. The topological polar surface area (TPSA) is 50.1 Å². The molecule has 0 bridgehead atoms. The summed E-state index contributed by atoms with van der Waals surface area (Å²) in [5.41, 5.74) is 0.890. The van der Waals surface area contributed by atoms with E-state index in [0.29, 0.717) is 6.04 Å². The van der Waals surface area contributed by atoms with Gasteiger partial charge in [0.25, 0.3) is 0 Å². The molecule has 0 saturated carbocycles. The average molecular weight is 217 g/mol. The zero-order valence-corrected chi connectivity index (χ0v) is 9.07. The van der Waals surface area contributed by atoms with E-state index in [1.54, 1.807) is 12.5 Å². The van der Waals surface area contributed by atoms with Gasteiger partial charge in [0.1, 0.15) is 11.4 Å². The summed E-state index contributed by atoms with van der Waals surface area (Å²) in [5.74, 6) is 0.931. The number of nitrogens with one attached hydrogen (secondary N) is 2. The molecule has 3 heterocycles. The van der Waals surface area contributed by atoms with Gasteiger partial charge in [0, 0.05) is 18.8 Å². The van der Waals surface area contributed by atoms with E-state index in [1.807, 2.05) is 12.1 Å². The molecular formula is C12H15N3O. The lowest BCUT2D eigenvalue weighted by molar-refractivity contribution is 0.479. The third kappa shape index (κ3) is 1.76. The number of pyridine rings is 1. The second-order valence-electron chi connectivity index (χ2n) is 4.18. The summed E-state index contributed by atoms with van der Waals surface area (Å²) in [6.07, 6.45) is 5.91. The molecule has 1 atom stereocenters. The van der Waals surface area contributed by atoms with Gasteiger partial charge in [0.2, 0.25) is 0 Å². The molecule has 2 aromatic heterocycles. The van der Waals surface area contributed by atoms with E-state index in [4.69, 9.17) is 4.42 Å². The van der Waals surface area contributed by atoms with Gasteiger partial charge in [-0.25, -0.2) is 4.98 Å². The van der Waals surface area contributed by atoms with Crippen LogP contribution in [0.15, 0.2) is 29.0 Å². The Morgan fingerprint density at radius 2 is 2.44 bits per heavy atom. The third-order valence-corrected chi connectivity index (χ3v) is 3.02. The average Bonchev–Trinajstić information content (AvgIpc) is 2.80. The van der Waals surface area contributed by atoms with Crippen molar-refractivity contribution in [1.82, 2.24) is 10.3 Å². The standard InChI is InChI=1S/C12H15N3O/c1-2-9(8-13-5-1)15-12-10-4-7-16-11(10)3-6-14-12/h3-4,6-7,9,13H,1-2,5,8H2,(H,14,15). The zero-order chi connectivity index (χ0) is 10.8. The molecule has 1 fully saturated rings. The first kappa shape index (κ1) is 9.66. The van der Waals surface area contributed by atoms with Gasteiger partial charge >= 0.3 is 0 Å². The Bertz CT molecular complexity index is 474. The Kier molecular flexibility index (Phi) is 2.50. The van der Waals surface area contributed by atoms with Gasteiger partial charge in [-0.05, 0) is 31.5 Å². The van der Waals surface area contributed by atoms with E-state index in [9.17, 15) is 0 Å². The van der Waals surface area contributed by atoms with E-state index in [2.05, 4.69) is 15.6 Å². The number of aromatic nitrogens is 1. The number of furan rings is 1. The zero-order valence-electron chi connectivity index (χ0n) is 9.07. The second kappa shape index (κ2) is 4.14. The van der Waals surface area contributed by atoms with E-state index >= 15 is 0 Å². The van der Waals surface area contributed by atoms with Gasteiger partial charge in [-0.15, -0.1) is 0 Å². The molecule has 4 nitrogen and oxygen atoms in total. The van der Waals surface area contributed by atoms with Crippen LogP contribution in [0, 0.1) is 0 Å². The number of anilines is 1. The van der Waals surface area contributed by atoms with Gasteiger partial charge in [0.05, 0.1) is 11.6 Å². The molecule has 16 heavy (non-hydrogen) atoms. The van der Waals surface area contributed by atoms with Crippen molar-refractivity contribution in [2.24, 2.45) is 0 Å². The molecule has 1 saturated heterocycles. The Labute approximate surface area is 94.0 Å². The molecule has 0 amide bonds. The Morgan fingerprint density at radius 1 is 1.44 bits per heavy atom. The van der Waals surface area contributed by atoms with Crippen LogP contribution >= 0.6 is 0 Å². The molecule has 3 rings (SSSR count). The first-order chi connectivity index (χ1) is 7.93. The number of hydrogen-bond donors (Lipinski definition) is 2. The first-order valence-electron chi connectivity index (χ1n) is 5.73. The minimum atomic E-state index is 0.474. The molecule has 1 aliphatic heterocycles. The summed E-state index contributed by atoms with van der Waals surface area (Å²) in [6.45, 7) is 2.14. The highest BCUT2D eigenvalue weighted by molar-refractivity contribution is 5.87. The van der Waals surface area contributed by atoms with E-state index in [1.165, 1.54) is 12.8 Å². The molecule has 2 N–H and O–H groups in total. The van der Waals surface area contributed by atoms with E-state index < -0.39 is 0 Å². The molecule has 84 valence electrons. The molecule has 1 aliphatic rings. The maximum absolute atomic E-state index is 5.35. The molecule has 0 aromatic carbocycles. The summed E-state index contributed by atoms with van der Waals surface area (Å²) in [5, 5.41) is 7.92. The first-order valence-corrected chi connectivity index (χ1v) is 5.73. The van der Waals surface area contributed by atoms with Crippen LogP contribution in [0.2, 0.25) is 0 Å². The number of nitrogens with zero attached hydrogens (tertiary/aromatic N) is 1. The molecule has 4 heteroatoms. The SMILES string of the molecule is c1cc2occc2c(NC2CCCNC2)n1. The molecule has 0 aliphatic carbocycles. The fourth-order valence-corrected chi connectivity index (χ4v) is 2.18. The largest absolute Gasteiger partial charge is 0.464 e. The predicted molar refractivity (Wildman–Crippen MR) is 63.5 cm³/mol. The molecular weight excluding hydrogens is 202 g/mol. The Hall–Kier alpha value is -1.55. The minimum Gasteiger partial charge on any atom is -0.464 e. The van der Waals surface area contributed by atoms with Gasteiger partial charge in [-0.2, -0.15) is 0 Å². The quantitative estimate of drug-likeness (QED) is 0.807. The molecule has 0 radical (unpaired) electrons. The Balaban J connectivity index is 1.85. The van der Waals surface area contributed by atoms with Crippen LogP contribution in [-0.2, 0) is 0 Å². The highest BCUT2D eigenvalue weighted by Crippen LogP contribution is 2.23. The fourth-order valence-electron chi connectivity index (χ4n) is 2.18. The third-order valence-electron chi connectivity index (χ3n) is 3.02. The van der Waals surface area contributed by atoms with Gasteiger partial charge in [-0.3, -0.25) is 0 Å². The smallest absolute Gasteiger partial charge is 0.139 e. The lowest BCUT2D eigenvalue weighted by Gasteiger charge is -2.24. The van der Waals surface area contributed by atoms with Crippen LogP contribution in [-0.4, -0.2) is 24.1 Å². The lowest BCUT2D eigenvalue weighted by Crippen LogP contribution is -2.38. The highest BCUT2D eigenvalue weighted by atomic mass is 16.3. The summed E-state index contributed by atoms with van der Waals surface area (Å²) >= 11 is 0. The van der Waals surface area contributed by atoms with Crippen molar-refractivity contribution in [3.63, 3.8) is 0 Å². The Morgan fingerprint density at radius 3 is 3.31 bits per heavy atom. The second-order valence-corrected chi connectivity index (χ2v) is 4.18. The predicted octanol–water partition coefficient (Wildman–Crippen LogP) is 1.99. The van der Waals surface area contributed by atoms with Crippen molar-refractivity contribution < 1.29 is 4.42 Å².